The third-order valence-corrected chi connectivity index (χ3v) is 3.67. The molecule has 26 heavy (non-hydrogen) atoms. The number of hydrogen-bond donors (Lipinski definition) is 1. The van der Waals surface area contributed by atoms with E-state index < -0.39 is 12.5 Å². The van der Waals surface area contributed by atoms with Crippen LogP contribution in [-0.2, 0) is 4.79 Å². The van der Waals surface area contributed by atoms with Gasteiger partial charge >= 0.3 is 6.61 Å². The first-order chi connectivity index (χ1) is 12.3. The molecule has 0 saturated carbocycles. The lowest BCUT2D eigenvalue weighted by Crippen LogP contribution is -2.25. The molecule has 0 heterocycles. The normalized spacial score (nSPS) is 11.4. The van der Waals surface area contributed by atoms with Crippen LogP contribution in [0.25, 0.3) is 0 Å². The van der Waals surface area contributed by atoms with Crippen LogP contribution < -0.4 is 14.9 Å². The largest absolute Gasteiger partial charge is 0.484 e. The van der Waals surface area contributed by atoms with E-state index in [0.717, 1.165) is 11.1 Å². The molecule has 0 spiro atoms. The molecule has 0 radical (unpaired) electrons. The molecule has 0 saturated heterocycles. The number of nitrogens with zero attached hydrogens (tertiary/aromatic N) is 1. The van der Waals surface area contributed by atoms with Crippen LogP contribution in [0.4, 0.5) is 8.78 Å². The third-order valence-electron chi connectivity index (χ3n) is 3.67. The van der Waals surface area contributed by atoms with Gasteiger partial charge < -0.3 is 9.47 Å². The second-order valence-corrected chi connectivity index (χ2v) is 5.67. The van der Waals surface area contributed by atoms with E-state index in [0.29, 0.717) is 17.0 Å². The van der Waals surface area contributed by atoms with Crippen LogP contribution in [-0.4, -0.2) is 24.8 Å². The molecule has 0 aromatic heterocycles. The second-order valence-electron chi connectivity index (χ2n) is 5.67. The number of nitrogens with one attached hydrogen (secondary N) is 1. The number of amides is 1. The number of hydrazone groups is 1. The molecular formula is C19H20F2N2O3. The van der Waals surface area contributed by atoms with Gasteiger partial charge in [0.15, 0.2) is 6.61 Å². The molecule has 2 rings (SSSR count). The van der Waals surface area contributed by atoms with Gasteiger partial charge in [-0.15, -0.1) is 0 Å². The Labute approximate surface area is 150 Å². The molecule has 0 bridgehead atoms. The molecule has 7 heteroatoms. The van der Waals surface area contributed by atoms with E-state index in [1.54, 1.807) is 25.1 Å². The zero-order valence-corrected chi connectivity index (χ0v) is 14.8. The average Bonchev–Trinajstić information content (AvgIpc) is 2.60. The molecule has 1 N–H and O–H groups in total. The highest BCUT2D eigenvalue weighted by atomic mass is 19.3. The number of benzene rings is 2. The highest BCUT2D eigenvalue weighted by Crippen LogP contribution is 2.17. The van der Waals surface area contributed by atoms with Gasteiger partial charge in [0.25, 0.3) is 5.91 Å². The lowest BCUT2D eigenvalue weighted by Gasteiger charge is -2.08. The average molecular weight is 362 g/mol. The van der Waals surface area contributed by atoms with Crippen molar-refractivity contribution in [3.63, 3.8) is 0 Å². The smallest absolute Gasteiger partial charge is 0.387 e. The van der Waals surface area contributed by atoms with Gasteiger partial charge in [0, 0.05) is 5.56 Å². The van der Waals surface area contributed by atoms with Crippen molar-refractivity contribution in [2.24, 2.45) is 5.10 Å². The van der Waals surface area contributed by atoms with Crippen molar-refractivity contribution >= 4 is 11.6 Å². The maximum absolute atomic E-state index is 12.3. The summed E-state index contributed by atoms with van der Waals surface area (Å²) in [6, 6.07) is 11.6. The topological polar surface area (TPSA) is 59.9 Å². The highest BCUT2D eigenvalue weighted by Gasteiger charge is 2.07. The van der Waals surface area contributed by atoms with Crippen LogP contribution >= 0.6 is 0 Å². The van der Waals surface area contributed by atoms with Gasteiger partial charge in [-0.1, -0.05) is 18.2 Å². The summed E-state index contributed by atoms with van der Waals surface area (Å²) in [7, 11) is 0. The van der Waals surface area contributed by atoms with Crippen molar-refractivity contribution in [2.45, 2.75) is 27.4 Å². The van der Waals surface area contributed by atoms with E-state index in [1.807, 2.05) is 26.0 Å². The molecule has 0 aliphatic rings. The number of alkyl halides is 2. The summed E-state index contributed by atoms with van der Waals surface area (Å²) in [5.74, 6) is 0.194. The summed E-state index contributed by atoms with van der Waals surface area (Å²) in [5.41, 5.74) is 5.59. The van der Waals surface area contributed by atoms with Gasteiger partial charge in [-0.3, -0.25) is 4.79 Å². The summed E-state index contributed by atoms with van der Waals surface area (Å²) in [4.78, 5) is 11.8. The summed E-state index contributed by atoms with van der Waals surface area (Å²) >= 11 is 0. The van der Waals surface area contributed by atoms with Crippen LogP contribution in [0.2, 0.25) is 0 Å². The molecule has 1 amide bonds. The lowest BCUT2D eigenvalue weighted by atomic mass is 10.1. The Bertz CT molecular complexity index is 807. The van der Waals surface area contributed by atoms with Crippen molar-refractivity contribution in [1.29, 1.82) is 0 Å². The summed E-state index contributed by atoms with van der Waals surface area (Å²) in [5, 5.41) is 3.95. The molecule has 5 nitrogen and oxygen atoms in total. The SMILES string of the molecule is C/C(=N/NC(=O)COc1ccc(C)c(C)c1)c1cccc(OC(F)F)c1. The van der Waals surface area contributed by atoms with Gasteiger partial charge in [0.1, 0.15) is 11.5 Å². The number of rotatable bonds is 7. The van der Waals surface area contributed by atoms with Gasteiger partial charge in [-0.2, -0.15) is 13.9 Å². The first kappa shape index (κ1) is 19.4. The molecule has 0 fully saturated rings. The van der Waals surface area contributed by atoms with Crippen LogP contribution in [0.15, 0.2) is 47.6 Å². The Morgan fingerprint density at radius 3 is 2.58 bits per heavy atom. The van der Waals surface area contributed by atoms with Crippen molar-refractivity contribution in [2.75, 3.05) is 6.61 Å². The predicted octanol–water partition coefficient (Wildman–Crippen LogP) is 3.82. The Morgan fingerprint density at radius 1 is 1.12 bits per heavy atom. The van der Waals surface area contributed by atoms with Crippen molar-refractivity contribution < 1.29 is 23.0 Å². The summed E-state index contributed by atoms with van der Waals surface area (Å²) < 4.78 is 34.3. The first-order valence-corrected chi connectivity index (χ1v) is 7.93. The number of hydrogen-bond acceptors (Lipinski definition) is 4. The van der Waals surface area contributed by atoms with Gasteiger partial charge in [-0.25, -0.2) is 5.43 Å². The molecular weight excluding hydrogens is 342 g/mol. The fourth-order valence-corrected chi connectivity index (χ4v) is 2.09. The minimum absolute atomic E-state index is 0.0245. The standard InChI is InChI=1S/C19H20F2N2O3/c1-12-7-8-16(9-13(12)2)25-11-18(24)23-22-14(3)15-5-4-6-17(10-15)26-19(20)21/h4-10,19H,11H2,1-3H3,(H,23,24)/b22-14-. The van der Waals surface area contributed by atoms with Gasteiger partial charge in [0.05, 0.1) is 5.71 Å². The Balaban J connectivity index is 1.91. The van der Waals surface area contributed by atoms with Crippen LogP contribution in [0, 0.1) is 13.8 Å². The Kier molecular flexibility index (Phi) is 6.66. The van der Waals surface area contributed by atoms with E-state index >= 15 is 0 Å². The van der Waals surface area contributed by atoms with Crippen molar-refractivity contribution in [3.05, 3.63) is 59.2 Å². The lowest BCUT2D eigenvalue weighted by molar-refractivity contribution is -0.123. The summed E-state index contributed by atoms with van der Waals surface area (Å²) in [6.07, 6.45) is 0. The molecule has 0 aliphatic carbocycles. The minimum Gasteiger partial charge on any atom is -0.484 e. The number of ether oxygens (including phenoxy) is 2. The van der Waals surface area contributed by atoms with E-state index in [9.17, 15) is 13.6 Å². The van der Waals surface area contributed by atoms with Gasteiger partial charge in [0.2, 0.25) is 0 Å². The molecule has 0 unspecified atom stereocenters. The van der Waals surface area contributed by atoms with Gasteiger partial charge in [-0.05, 0) is 56.2 Å². The second kappa shape index (κ2) is 8.94. The van der Waals surface area contributed by atoms with Crippen molar-refractivity contribution in [1.82, 2.24) is 5.43 Å². The van der Waals surface area contributed by atoms with E-state index in [4.69, 9.17) is 4.74 Å². The molecule has 2 aromatic carbocycles. The zero-order chi connectivity index (χ0) is 19.1. The predicted molar refractivity (Wildman–Crippen MR) is 94.8 cm³/mol. The maximum Gasteiger partial charge on any atom is 0.387 e. The van der Waals surface area contributed by atoms with Crippen LogP contribution in [0.5, 0.6) is 11.5 Å². The Morgan fingerprint density at radius 2 is 1.88 bits per heavy atom. The minimum atomic E-state index is -2.90. The van der Waals surface area contributed by atoms with Crippen molar-refractivity contribution in [3.8, 4) is 11.5 Å². The molecule has 2 aromatic rings. The molecule has 138 valence electrons. The Hall–Kier alpha value is -2.96. The number of halogens is 2. The highest BCUT2D eigenvalue weighted by molar-refractivity contribution is 5.99. The number of carbonyl (C=O) groups excluding carboxylic acids is 1. The van der Waals surface area contributed by atoms with E-state index in [-0.39, 0.29) is 12.4 Å². The number of carbonyl (C=O) groups is 1. The quantitative estimate of drug-likeness (QED) is 0.602. The van der Waals surface area contributed by atoms with E-state index in [1.165, 1.54) is 12.1 Å². The fraction of sp³-hybridized carbons (Fsp3) is 0.263. The van der Waals surface area contributed by atoms with E-state index in [2.05, 4.69) is 15.3 Å². The van der Waals surface area contributed by atoms with Crippen LogP contribution in [0.3, 0.4) is 0 Å². The molecule has 0 atom stereocenters. The first-order valence-electron chi connectivity index (χ1n) is 7.93. The monoisotopic (exact) mass is 362 g/mol. The number of aryl methyl sites for hydroxylation is 2. The molecule has 0 aliphatic heterocycles. The third kappa shape index (κ3) is 5.84. The van der Waals surface area contributed by atoms with Crippen LogP contribution in [0.1, 0.15) is 23.6 Å². The fourth-order valence-electron chi connectivity index (χ4n) is 2.09. The zero-order valence-electron chi connectivity index (χ0n) is 14.8. The summed E-state index contributed by atoms with van der Waals surface area (Å²) in [6.45, 7) is 2.51. The maximum atomic E-state index is 12.3.